The van der Waals surface area contributed by atoms with Crippen molar-refractivity contribution < 1.29 is 44.1 Å². The molecule has 62 heavy (non-hydrogen) atoms. The Morgan fingerprint density at radius 3 is 1.45 bits per heavy atom. The maximum Gasteiger partial charge on any atom is -1.00 e. The fraction of sp³-hybridized carbons (Fsp3) is 0.404. The van der Waals surface area contributed by atoms with E-state index in [-0.39, 0.29) is 39.3 Å². The van der Waals surface area contributed by atoms with Crippen molar-refractivity contribution in [2.45, 2.75) is 115 Å². The minimum atomic E-state index is -4.19. The van der Waals surface area contributed by atoms with Gasteiger partial charge in [0.05, 0.1) is 0 Å². The molecule has 0 aliphatic heterocycles. The van der Waals surface area contributed by atoms with Crippen molar-refractivity contribution in [2.75, 3.05) is 0 Å². The van der Waals surface area contributed by atoms with Crippen molar-refractivity contribution in [2.24, 2.45) is 29.1 Å². The normalized spacial score (nSPS) is 26.3. The summed E-state index contributed by atoms with van der Waals surface area (Å²) < 4.78 is 7.69. The second-order valence-corrected chi connectivity index (χ2v) is 31.6. The van der Waals surface area contributed by atoms with E-state index in [4.69, 9.17) is 23.2 Å². The number of halogens is 4. The number of rotatable bonds is 6. The number of hydrogen-bond acceptors (Lipinski definition) is 0. The van der Waals surface area contributed by atoms with E-state index in [2.05, 4.69) is 154 Å². The van der Waals surface area contributed by atoms with Crippen molar-refractivity contribution in [1.82, 2.24) is 0 Å². The van der Waals surface area contributed by atoms with Crippen molar-refractivity contribution in [3.8, 4) is 11.1 Å². The molecule has 12 rings (SSSR count). The van der Waals surface area contributed by atoms with Crippen LogP contribution in [-0.2, 0) is 30.1 Å². The van der Waals surface area contributed by atoms with E-state index in [1.165, 1.54) is 112 Å². The van der Waals surface area contributed by atoms with Crippen LogP contribution in [0.15, 0.2) is 105 Å². The minimum Gasteiger partial charge on any atom is -1.00 e. The maximum absolute atomic E-state index is 6.67. The Morgan fingerprint density at radius 2 is 1.03 bits per heavy atom. The molecule has 8 aliphatic rings. The van der Waals surface area contributed by atoms with Gasteiger partial charge in [0.25, 0.3) is 0 Å². The zero-order valence-corrected chi connectivity index (χ0v) is 43.1. The topological polar surface area (TPSA) is 0 Å². The molecular weight excluding hydrogens is 918 g/mol. The van der Waals surface area contributed by atoms with Gasteiger partial charge in [-0.1, -0.05) is 0 Å². The van der Waals surface area contributed by atoms with Crippen LogP contribution in [0.1, 0.15) is 148 Å². The third-order valence-corrected chi connectivity index (χ3v) is 29.4. The molecule has 1 unspecified atom stereocenters. The predicted octanol–water partition coefficient (Wildman–Crippen LogP) is 9.77. The van der Waals surface area contributed by atoms with Gasteiger partial charge in [0.2, 0.25) is 0 Å². The molecule has 4 bridgehead atoms. The third-order valence-electron chi connectivity index (χ3n) is 16.7. The molecule has 0 radical (unpaired) electrons. The van der Waals surface area contributed by atoms with Gasteiger partial charge in [0.15, 0.2) is 0 Å². The monoisotopic (exact) mass is 974 g/mol. The van der Waals surface area contributed by atoms with E-state index in [9.17, 15) is 0 Å². The summed E-state index contributed by atoms with van der Waals surface area (Å²) in [6.07, 6.45) is 17.8. The summed E-state index contributed by atoms with van der Waals surface area (Å²) in [7, 11) is 0. The predicted molar refractivity (Wildman–Crippen MR) is 255 cm³/mol. The standard InChI is InChI=1S/C25H25.C18H25.2C7H5Cl.2ClH.Zr/c1-14-12-24(3,4)22-8-16-7-17-9-23-19(15(2)13-25(23,5)6)11-21(17)20(16)10-18(14)22;1-12-3-13(2)17(4-12)11-18-8-14-5-15(9-18)7-16(6-14)10-18;2*1-6-2-4-7(8)5-3-6;;;/h7-13H,1-6H3;4,12,14-16H,5-11H2,1-2H3;2*1-5H;2*1H;/q;;;;;;+2/p-2. The molecule has 0 spiro atoms. The van der Waals surface area contributed by atoms with Crippen LogP contribution in [0.2, 0.25) is 10.0 Å². The van der Waals surface area contributed by atoms with Crippen molar-refractivity contribution in [1.29, 1.82) is 0 Å². The van der Waals surface area contributed by atoms with Crippen LogP contribution in [0.4, 0.5) is 0 Å². The summed E-state index contributed by atoms with van der Waals surface area (Å²) in [5.74, 6) is 3.21. The van der Waals surface area contributed by atoms with E-state index >= 15 is 0 Å². The molecule has 0 aromatic heterocycles. The van der Waals surface area contributed by atoms with Gasteiger partial charge in [-0.2, -0.15) is 0 Å². The molecule has 4 aromatic rings. The first-order valence-electron chi connectivity index (χ1n) is 22.9. The summed E-state index contributed by atoms with van der Waals surface area (Å²) in [6, 6.07) is 28.2. The Morgan fingerprint density at radius 1 is 0.613 bits per heavy atom. The van der Waals surface area contributed by atoms with Crippen LogP contribution in [0.5, 0.6) is 0 Å². The summed E-state index contributed by atoms with van der Waals surface area (Å²) in [5.41, 5.74) is 20.8. The second-order valence-electron chi connectivity index (χ2n) is 21.9. The Hall–Kier alpha value is -2.38. The van der Waals surface area contributed by atoms with E-state index in [0.717, 1.165) is 27.8 Å². The van der Waals surface area contributed by atoms with Gasteiger partial charge in [0, 0.05) is 0 Å². The van der Waals surface area contributed by atoms with E-state index < -0.39 is 19.3 Å². The molecule has 4 fully saturated rings. The van der Waals surface area contributed by atoms with Gasteiger partial charge >= 0.3 is 376 Å². The summed E-state index contributed by atoms with van der Waals surface area (Å²) >= 11 is 9.15. The molecule has 4 saturated carbocycles. The number of allylic oxidation sites excluding steroid dienone is 8. The summed E-state index contributed by atoms with van der Waals surface area (Å²) in [4.78, 5) is 0. The smallest absolute Gasteiger partial charge is 1.00 e. The minimum absolute atomic E-state index is 0. The fourth-order valence-electron chi connectivity index (χ4n) is 15.0. The van der Waals surface area contributed by atoms with Crippen molar-refractivity contribution in [3.63, 3.8) is 0 Å². The largest absolute Gasteiger partial charge is 1.00 e. The average molecular weight is 978 g/mol. The first-order valence-corrected chi connectivity index (χ1v) is 29.2. The first-order chi connectivity index (χ1) is 28.5. The van der Waals surface area contributed by atoms with Crippen LogP contribution in [0, 0.1) is 29.1 Å². The van der Waals surface area contributed by atoms with Crippen LogP contribution < -0.4 is 24.8 Å². The Kier molecular flexibility index (Phi) is 11.3. The number of benzene rings is 4. The van der Waals surface area contributed by atoms with E-state index in [0.29, 0.717) is 11.3 Å². The molecule has 0 saturated heterocycles. The fourth-order valence-corrected chi connectivity index (χ4v) is 29.3. The second kappa shape index (κ2) is 15.6. The molecule has 8 aliphatic carbocycles. The molecular formula is C57H60Cl4Zr. The van der Waals surface area contributed by atoms with Crippen LogP contribution in [-0.4, -0.2) is 7.42 Å². The molecule has 0 N–H and O–H groups in total. The Bertz CT molecular complexity index is 2620. The van der Waals surface area contributed by atoms with Gasteiger partial charge in [-0.3, -0.25) is 0 Å². The SMILES string of the molecule is CC1=CC(C)(C)c2cc3c(cc21)-c1cc2c(cc1[CH]3[Zr+2](=[CH]c1ccc(Cl)cc1)(=[CH]c1ccc(Cl)cc1)[C]1=C(C)C(CC34CC5CC(CC(C5)C3)C4)=CC1C)C(C)(C)C=C2C.[Cl-].[Cl-]. The molecule has 0 heterocycles. The molecule has 5 heteroatoms. The Balaban J connectivity index is 0.00000245. The van der Waals surface area contributed by atoms with Crippen LogP contribution >= 0.6 is 23.2 Å². The van der Waals surface area contributed by atoms with Gasteiger partial charge in [-0.05, 0) is 0 Å². The number of fused-ring (bicyclic) bond motifs is 5. The van der Waals surface area contributed by atoms with E-state index in [1.807, 2.05) is 0 Å². The summed E-state index contributed by atoms with van der Waals surface area (Å²) in [5, 5.41) is 1.58. The molecule has 0 nitrogen and oxygen atoms in total. The van der Waals surface area contributed by atoms with Gasteiger partial charge < -0.3 is 24.8 Å². The maximum atomic E-state index is 6.67. The van der Waals surface area contributed by atoms with Crippen LogP contribution in [0.25, 0.3) is 22.3 Å². The molecule has 1 atom stereocenters. The quantitative estimate of drug-likeness (QED) is 0.181. The zero-order chi connectivity index (χ0) is 41.7. The van der Waals surface area contributed by atoms with Gasteiger partial charge in [0.1, 0.15) is 0 Å². The molecule has 0 amide bonds. The number of hydrogen-bond donors (Lipinski definition) is 0. The van der Waals surface area contributed by atoms with Crippen LogP contribution in [0.3, 0.4) is 0 Å². The first kappa shape index (κ1) is 44.8. The average Bonchev–Trinajstić information content (AvgIpc) is 3.80. The van der Waals surface area contributed by atoms with Gasteiger partial charge in [-0.25, -0.2) is 0 Å². The molecule has 320 valence electrons. The van der Waals surface area contributed by atoms with Crippen molar-refractivity contribution >= 4 is 41.8 Å². The third kappa shape index (κ3) is 7.07. The van der Waals surface area contributed by atoms with Crippen molar-refractivity contribution in [3.05, 3.63) is 160 Å². The summed E-state index contributed by atoms with van der Waals surface area (Å²) in [6.45, 7) is 19.4. The molecule has 4 aromatic carbocycles. The Labute approximate surface area is 397 Å². The zero-order valence-electron chi connectivity index (χ0n) is 37.7. The van der Waals surface area contributed by atoms with E-state index in [1.54, 1.807) is 14.4 Å². The van der Waals surface area contributed by atoms with Gasteiger partial charge in [-0.15, -0.1) is 0 Å².